The number of hydrogen-bond acceptors (Lipinski definition) is 4. The lowest BCUT2D eigenvalue weighted by Crippen LogP contribution is -2.41. The first-order chi connectivity index (χ1) is 9.23. The summed E-state index contributed by atoms with van der Waals surface area (Å²) in [6.45, 7) is 2.38. The highest BCUT2D eigenvalue weighted by molar-refractivity contribution is 7.91. The summed E-state index contributed by atoms with van der Waals surface area (Å²) >= 11 is 0. The molecule has 1 fully saturated rings. The van der Waals surface area contributed by atoms with Gasteiger partial charge in [-0.15, -0.1) is 0 Å². The van der Waals surface area contributed by atoms with Gasteiger partial charge in [0.1, 0.15) is 0 Å². The first kappa shape index (κ1) is 15.5. The standard InChI is InChI=1S/C13H19NO4S2/c1-11-6-3-4-9-14(11)20(17,18)13-8-5-7-12(10-13)19(2,15)16/h5,7-8,10-11H,3-4,6,9H2,1-2H3/t11-/m1/s1. The van der Waals surface area contributed by atoms with Gasteiger partial charge < -0.3 is 0 Å². The van der Waals surface area contributed by atoms with Crippen LogP contribution in [-0.4, -0.2) is 40.0 Å². The van der Waals surface area contributed by atoms with Crippen LogP contribution in [0.3, 0.4) is 0 Å². The number of rotatable bonds is 3. The molecule has 1 aliphatic rings. The second-order valence-corrected chi connectivity index (χ2v) is 9.11. The maximum atomic E-state index is 12.6. The lowest BCUT2D eigenvalue weighted by Gasteiger charge is -2.32. The van der Waals surface area contributed by atoms with Gasteiger partial charge in [-0.3, -0.25) is 0 Å². The molecule has 0 amide bonds. The van der Waals surface area contributed by atoms with Crippen LogP contribution in [0.5, 0.6) is 0 Å². The minimum absolute atomic E-state index is 0.0308. The van der Waals surface area contributed by atoms with E-state index in [0.29, 0.717) is 6.54 Å². The maximum absolute atomic E-state index is 12.6. The van der Waals surface area contributed by atoms with Crippen LogP contribution in [0.15, 0.2) is 34.1 Å². The Morgan fingerprint density at radius 3 is 2.35 bits per heavy atom. The minimum atomic E-state index is -3.63. The van der Waals surface area contributed by atoms with Gasteiger partial charge in [-0.25, -0.2) is 16.8 Å². The topological polar surface area (TPSA) is 71.5 Å². The van der Waals surface area contributed by atoms with Crippen LogP contribution < -0.4 is 0 Å². The van der Waals surface area contributed by atoms with Crippen LogP contribution in [0.1, 0.15) is 26.2 Å². The molecule has 0 bridgehead atoms. The molecule has 1 aromatic carbocycles. The highest BCUT2D eigenvalue weighted by Gasteiger charge is 2.31. The van der Waals surface area contributed by atoms with Gasteiger partial charge in [0.2, 0.25) is 10.0 Å². The summed E-state index contributed by atoms with van der Waals surface area (Å²) < 4.78 is 49.8. The Morgan fingerprint density at radius 2 is 1.75 bits per heavy atom. The van der Waals surface area contributed by atoms with E-state index in [-0.39, 0.29) is 15.8 Å². The molecule has 20 heavy (non-hydrogen) atoms. The Labute approximate surface area is 120 Å². The lowest BCUT2D eigenvalue weighted by molar-refractivity contribution is 0.268. The van der Waals surface area contributed by atoms with E-state index in [1.54, 1.807) is 0 Å². The number of sulfonamides is 1. The van der Waals surface area contributed by atoms with E-state index in [2.05, 4.69) is 0 Å². The second kappa shape index (κ2) is 5.46. The van der Waals surface area contributed by atoms with Gasteiger partial charge >= 0.3 is 0 Å². The highest BCUT2D eigenvalue weighted by Crippen LogP contribution is 2.26. The van der Waals surface area contributed by atoms with Crippen LogP contribution in [0.25, 0.3) is 0 Å². The number of sulfone groups is 1. The normalized spacial score (nSPS) is 21.8. The van der Waals surface area contributed by atoms with Gasteiger partial charge in [-0.2, -0.15) is 4.31 Å². The van der Waals surface area contributed by atoms with Crippen molar-refractivity contribution in [1.29, 1.82) is 0 Å². The van der Waals surface area contributed by atoms with E-state index in [1.165, 1.54) is 28.6 Å². The predicted molar refractivity (Wildman–Crippen MR) is 76.8 cm³/mol. The average Bonchev–Trinajstić information content (AvgIpc) is 2.38. The van der Waals surface area contributed by atoms with Crippen molar-refractivity contribution in [2.75, 3.05) is 12.8 Å². The number of piperidine rings is 1. The molecular weight excluding hydrogens is 298 g/mol. The summed E-state index contributed by atoms with van der Waals surface area (Å²) in [4.78, 5) is 0.0809. The number of nitrogens with zero attached hydrogens (tertiary/aromatic N) is 1. The molecule has 1 aliphatic heterocycles. The van der Waals surface area contributed by atoms with Crippen molar-refractivity contribution in [2.24, 2.45) is 0 Å². The van der Waals surface area contributed by atoms with Crippen LogP contribution in [0.4, 0.5) is 0 Å². The van der Waals surface area contributed by atoms with Crippen molar-refractivity contribution < 1.29 is 16.8 Å². The molecule has 112 valence electrons. The van der Waals surface area contributed by atoms with E-state index in [4.69, 9.17) is 0 Å². The van der Waals surface area contributed by atoms with E-state index in [0.717, 1.165) is 25.5 Å². The summed E-state index contributed by atoms with van der Waals surface area (Å²) in [7, 11) is -7.04. The monoisotopic (exact) mass is 317 g/mol. The summed E-state index contributed by atoms with van der Waals surface area (Å²) in [5.41, 5.74) is 0. The van der Waals surface area contributed by atoms with Gasteiger partial charge in [-0.1, -0.05) is 12.5 Å². The van der Waals surface area contributed by atoms with Crippen molar-refractivity contribution in [2.45, 2.75) is 42.0 Å². The molecule has 7 heteroatoms. The molecule has 0 spiro atoms. The molecule has 0 unspecified atom stereocenters. The fourth-order valence-corrected chi connectivity index (χ4v) is 4.92. The molecule has 0 aliphatic carbocycles. The molecule has 2 rings (SSSR count). The molecule has 1 atom stereocenters. The Balaban J connectivity index is 2.44. The third kappa shape index (κ3) is 3.05. The van der Waals surface area contributed by atoms with Crippen molar-refractivity contribution in [3.8, 4) is 0 Å². The molecule has 5 nitrogen and oxygen atoms in total. The summed E-state index contributed by atoms with van der Waals surface area (Å²) in [5.74, 6) is 0. The molecule has 1 saturated heterocycles. The summed E-state index contributed by atoms with van der Waals surface area (Å²) in [6.07, 6.45) is 3.78. The second-order valence-electron chi connectivity index (χ2n) is 5.21. The van der Waals surface area contributed by atoms with Crippen molar-refractivity contribution in [1.82, 2.24) is 4.31 Å². The molecule has 0 radical (unpaired) electrons. The lowest BCUT2D eigenvalue weighted by atomic mass is 10.1. The average molecular weight is 317 g/mol. The third-order valence-electron chi connectivity index (χ3n) is 3.58. The maximum Gasteiger partial charge on any atom is 0.243 e. The molecular formula is C13H19NO4S2. The Bertz CT molecular complexity index is 695. The number of hydrogen-bond donors (Lipinski definition) is 0. The molecule has 0 saturated carbocycles. The minimum Gasteiger partial charge on any atom is -0.224 e. The first-order valence-electron chi connectivity index (χ1n) is 6.55. The van der Waals surface area contributed by atoms with E-state index in [1.807, 2.05) is 6.92 Å². The third-order valence-corrected chi connectivity index (χ3v) is 6.70. The quantitative estimate of drug-likeness (QED) is 0.850. The molecule has 1 heterocycles. The molecule has 1 aromatic rings. The smallest absolute Gasteiger partial charge is 0.224 e. The Morgan fingerprint density at radius 1 is 1.10 bits per heavy atom. The van der Waals surface area contributed by atoms with Gasteiger partial charge in [0, 0.05) is 18.8 Å². The first-order valence-corrected chi connectivity index (χ1v) is 9.88. The fraction of sp³-hybridized carbons (Fsp3) is 0.538. The fourth-order valence-electron chi connectivity index (χ4n) is 2.43. The summed E-state index contributed by atoms with van der Waals surface area (Å²) in [6, 6.07) is 5.53. The molecule has 0 N–H and O–H groups in total. The molecule has 0 aromatic heterocycles. The number of benzene rings is 1. The van der Waals surface area contributed by atoms with Crippen molar-refractivity contribution >= 4 is 19.9 Å². The van der Waals surface area contributed by atoms with Crippen LogP contribution in [0, 0.1) is 0 Å². The SMILES string of the molecule is C[C@@H]1CCCCN1S(=O)(=O)c1cccc(S(C)(=O)=O)c1. The van der Waals surface area contributed by atoms with Gasteiger partial charge in [0.05, 0.1) is 9.79 Å². The zero-order chi connectivity index (χ0) is 15.0. The Kier molecular flexibility index (Phi) is 4.22. The Hall–Kier alpha value is -0.920. The predicted octanol–water partition coefficient (Wildman–Crippen LogP) is 1.65. The van der Waals surface area contributed by atoms with E-state index >= 15 is 0 Å². The van der Waals surface area contributed by atoms with Crippen molar-refractivity contribution in [3.05, 3.63) is 24.3 Å². The van der Waals surface area contributed by atoms with Crippen LogP contribution in [-0.2, 0) is 19.9 Å². The zero-order valence-electron chi connectivity index (χ0n) is 11.6. The van der Waals surface area contributed by atoms with E-state index < -0.39 is 19.9 Å². The van der Waals surface area contributed by atoms with Gasteiger partial charge in [0.25, 0.3) is 0 Å². The van der Waals surface area contributed by atoms with Gasteiger partial charge in [0.15, 0.2) is 9.84 Å². The highest BCUT2D eigenvalue weighted by atomic mass is 32.2. The van der Waals surface area contributed by atoms with Crippen molar-refractivity contribution in [3.63, 3.8) is 0 Å². The zero-order valence-corrected chi connectivity index (χ0v) is 13.2. The van der Waals surface area contributed by atoms with Crippen LogP contribution >= 0.6 is 0 Å². The largest absolute Gasteiger partial charge is 0.243 e. The van der Waals surface area contributed by atoms with Gasteiger partial charge in [-0.05, 0) is 38.0 Å². The van der Waals surface area contributed by atoms with Crippen LogP contribution in [0.2, 0.25) is 0 Å². The van der Waals surface area contributed by atoms with E-state index in [9.17, 15) is 16.8 Å². The summed E-state index contributed by atoms with van der Waals surface area (Å²) in [5, 5.41) is 0.